The zero-order valence-electron chi connectivity index (χ0n) is 14.1. The zero-order chi connectivity index (χ0) is 17.6. The highest BCUT2D eigenvalue weighted by Crippen LogP contribution is 2.24. The van der Waals surface area contributed by atoms with Gasteiger partial charge in [0.15, 0.2) is 0 Å². The molecule has 5 heteroatoms. The molecule has 0 fully saturated rings. The molecule has 2 aromatic rings. The smallest absolute Gasteiger partial charge is 0.211 e. The zero-order valence-corrected chi connectivity index (χ0v) is 14.9. The lowest BCUT2D eigenvalue weighted by Gasteiger charge is -2.15. The lowest BCUT2D eigenvalue weighted by Crippen LogP contribution is -2.25. The van der Waals surface area contributed by atoms with E-state index in [0.29, 0.717) is 17.4 Å². The van der Waals surface area contributed by atoms with E-state index >= 15 is 0 Å². The number of rotatable bonds is 8. The van der Waals surface area contributed by atoms with E-state index in [1.165, 1.54) is 12.1 Å². The van der Waals surface area contributed by atoms with Crippen LogP contribution in [0, 0.1) is 12.7 Å². The minimum Gasteiger partial charge on any atom is -0.211 e. The van der Waals surface area contributed by atoms with Crippen LogP contribution in [0.1, 0.15) is 43.2 Å². The van der Waals surface area contributed by atoms with Crippen molar-refractivity contribution >= 4 is 10.0 Å². The first-order valence-corrected chi connectivity index (χ1v) is 9.72. The van der Waals surface area contributed by atoms with Gasteiger partial charge < -0.3 is 0 Å². The Morgan fingerprint density at radius 3 is 2.25 bits per heavy atom. The van der Waals surface area contributed by atoms with Crippen LogP contribution in [-0.4, -0.2) is 15.0 Å². The summed E-state index contributed by atoms with van der Waals surface area (Å²) >= 11 is 0. The molecular formula is C19H24FNO2S. The molecule has 0 saturated heterocycles. The Morgan fingerprint density at radius 2 is 1.67 bits per heavy atom. The summed E-state index contributed by atoms with van der Waals surface area (Å²) in [6.45, 7) is 4.41. The van der Waals surface area contributed by atoms with Gasteiger partial charge in [-0.1, -0.05) is 36.8 Å². The molecule has 0 aliphatic heterocycles. The molecule has 0 bridgehead atoms. The molecule has 1 unspecified atom stereocenters. The maximum absolute atomic E-state index is 13.0. The van der Waals surface area contributed by atoms with Gasteiger partial charge in [-0.05, 0) is 61.9 Å². The van der Waals surface area contributed by atoms with Crippen molar-refractivity contribution in [3.05, 3.63) is 65.5 Å². The highest BCUT2D eigenvalue weighted by molar-refractivity contribution is 7.89. The van der Waals surface area contributed by atoms with Gasteiger partial charge in [0.1, 0.15) is 5.82 Å². The quantitative estimate of drug-likeness (QED) is 0.719. The fourth-order valence-electron chi connectivity index (χ4n) is 2.70. The van der Waals surface area contributed by atoms with Crippen molar-refractivity contribution < 1.29 is 12.8 Å². The van der Waals surface area contributed by atoms with Crippen LogP contribution in [0.2, 0.25) is 0 Å². The van der Waals surface area contributed by atoms with E-state index in [1.807, 2.05) is 6.92 Å². The molecule has 0 saturated carbocycles. The molecule has 2 aromatic carbocycles. The molecule has 3 nitrogen and oxygen atoms in total. The average Bonchev–Trinajstić information content (AvgIpc) is 2.56. The molecule has 0 aromatic heterocycles. The van der Waals surface area contributed by atoms with Crippen molar-refractivity contribution in [3.63, 3.8) is 0 Å². The maximum atomic E-state index is 13.0. The third kappa shape index (κ3) is 5.14. The third-order valence-electron chi connectivity index (χ3n) is 4.19. The summed E-state index contributed by atoms with van der Waals surface area (Å²) < 4.78 is 40.1. The fraction of sp³-hybridized carbons (Fsp3) is 0.368. The molecule has 0 amide bonds. The maximum Gasteiger partial charge on any atom is 0.240 e. The summed E-state index contributed by atoms with van der Waals surface area (Å²) in [4.78, 5) is 0.290. The molecular weight excluding hydrogens is 325 g/mol. The standard InChI is InChI=1S/C19H24FNO2S/c1-3-16(17-8-10-18(20)11-9-17)5-4-14-21-24(22,23)19-12-6-15(2)7-13-19/h6-13,16,21H,3-5,14H2,1-2H3. The van der Waals surface area contributed by atoms with Gasteiger partial charge >= 0.3 is 0 Å². The van der Waals surface area contributed by atoms with Gasteiger partial charge in [0.05, 0.1) is 4.90 Å². The number of nitrogens with one attached hydrogen (secondary N) is 1. The van der Waals surface area contributed by atoms with Crippen LogP contribution in [0.3, 0.4) is 0 Å². The largest absolute Gasteiger partial charge is 0.240 e. The van der Waals surface area contributed by atoms with Gasteiger partial charge in [0.2, 0.25) is 10.0 Å². The molecule has 0 aliphatic carbocycles. The lowest BCUT2D eigenvalue weighted by atomic mass is 9.92. The van der Waals surface area contributed by atoms with Gasteiger partial charge in [0, 0.05) is 6.54 Å². The molecule has 1 atom stereocenters. The van der Waals surface area contributed by atoms with E-state index in [9.17, 15) is 12.8 Å². The lowest BCUT2D eigenvalue weighted by molar-refractivity contribution is 0.551. The summed E-state index contributed by atoms with van der Waals surface area (Å²) in [6.07, 6.45) is 2.54. The monoisotopic (exact) mass is 349 g/mol. The third-order valence-corrected chi connectivity index (χ3v) is 5.66. The second-order valence-corrected chi connectivity index (χ2v) is 7.78. The first-order valence-electron chi connectivity index (χ1n) is 8.24. The number of aryl methyl sites for hydroxylation is 1. The van der Waals surface area contributed by atoms with Crippen molar-refractivity contribution in [2.24, 2.45) is 0 Å². The summed E-state index contributed by atoms with van der Waals surface area (Å²) in [5.74, 6) is 0.0777. The first kappa shape index (κ1) is 18.6. The molecule has 130 valence electrons. The molecule has 24 heavy (non-hydrogen) atoms. The molecule has 0 heterocycles. The Hall–Kier alpha value is -1.72. The van der Waals surface area contributed by atoms with Gasteiger partial charge in [-0.15, -0.1) is 0 Å². The number of sulfonamides is 1. The normalized spacial score (nSPS) is 13.0. The second-order valence-electron chi connectivity index (χ2n) is 6.01. The Morgan fingerprint density at radius 1 is 1.04 bits per heavy atom. The van der Waals surface area contributed by atoms with E-state index in [2.05, 4.69) is 11.6 Å². The summed E-state index contributed by atoms with van der Waals surface area (Å²) in [5, 5.41) is 0. The summed E-state index contributed by atoms with van der Waals surface area (Å²) in [7, 11) is -3.45. The van der Waals surface area contributed by atoms with Crippen LogP contribution in [0.4, 0.5) is 4.39 Å². The van der Waals surface area contributed by atoms with E-state index in [0.717, 1.165) is 30.4 Å². The Kier molecular flexibility index (Phi) is 6.52. The predicted octanol–water partition coefficient (Wildman–Crippen LogP) is 4.39. The first-order chi connectivity index (χ1) is 11.4. The van der Waals surface area contributed by atoms with Crippen LogP contribution < -0.4 is 4.72 Å². The van der Waals surface area contributed by atoms with Gasteiger partial charge in [-0.25, -0.2) is 17.5 Å². The van der Waals surface area contributed by atoms with Crippen LogP contribution in [0.5, 0.6) is 0 Å². The molecule has 1 N–H and O–H groups in total. The van der Waals surface area contributed by atoms with Crippen LogP contribution in [0.15, 0.2) is 53.4 Å². The number of halogens is 1. The van der Waals surface area contributed by atoms with Crippen molar-refractivity contribution in [1.29, 1.82) is 0 Å². The van der Waals surface area contributed by atoms with Crippen molar-refractivity contribution in [3.8, 4) is 0 Å². The van der Waals surface area contributed by atoms with E-state index < -0.39 is 10.0 Å². The Labute approximate surface area is 144 Å². The summed E-state index contributed by atoms with van der Waals surface area (Å²) in [5.41, 5.74) is 2.12. The topological polar surface area (TPSA) is 46.2 Å². The number of hydrogen-bond donors (Lipinski definition) is 1. The predicted molar refractivity (Wildman–Crippen MR) is 95.0 cm³/mol. The Balaban J connectivity index is 1.86. The minimum atomic E-state index is -3.45. The second kappa shape index (κ2) is 8.40. The van der Waals surface area contributed by atoms with E-state index in [1.54, 1.807) is 36.4 Å². The fourth-order valence-corrected chi connectivity index (χ4v) is 3.77. The molecule has 2 rings (SSSR count). The van der Waals surface area contributed by atoms with Gasteiger partial charge in [-0.3, -0.25) is 0 Å². The molecule has 0 spiro atoms. The minimum absolute atomic E-state index is 0.237. The summed E-state index contributed by atoms with van der Waals surface area (Å²) in [6, 6.07) is 13.4. The highest BCUT2D eigenvalue weighted by atomic mass is 32.2. The van der Waals surface area contributed by atoms with Crippen LogP contribution >= 0.6 is 0 Å². The van der Waals surface area contributed by atoms with E-state index in [-0.39, 0.29) is 5.82 Å². The molecule has 0 radical (unpaired) electrons. The van der Waals surface area contributed by atoms with Crippen molar-refractivity contribution in [2.45, 2.75) is 43.9 Å². The van der Waals surface area contributed by atoms with Gasteiger partial charge in [0.25, 0.3) is 0 Å². The van der Waals surface area contributed by atoms with Crippen molar-refractivity contribution in [1.82, 2.24) is 4.72 Å². The van der Waals surface area contributed by atoms with Crippen LogP contribution in [-0.2, 0) is 10.0 Å². The van der Waals surface area contributed by atoms with Crippen LogP contribution in [0.25, 0.3) is 0 Å². The highest BCUT2D eigenvalue weighted by Gasteiger charge is 2.14. The SMILES string of the molecule is CCC(CCCNS(=O)(=O)c1ccc(C)cc1)c1ccc(F)cc1. The Bertz CT molecular complexity index is 740. The van der Waals surface area contributed by atoms with Gasteiger partial charge in [-0.2, -0.15) is 0 Å². The number of benzene rings is 2. The van der Waals surface area contributed by atoms with Crippen molar-refractivity contribution in [2.75, 3.05) is 6.54 Å². The molecule has 0 aliphatic rings. The number of hydrogen-bond acceptors (Lipinski definition) is 2. The van der Waals surface area contributed by atoms with E-state index in [4.69, 9.17) is 0 Å². The average molecular weight is 349 g/mol.